The van der Waals surface area contributed by atoms with Gasteiger partial charge in [0, 0.05) is 39.6 Å². The van der Waals surface area contributed by atoms with Gasteiger partial charge in [-0.05, 0) is 41.8 Å². The molecule has 0 bridgehead atoms. The third-order valence-corrected chi connectivity index (χ3v) is 3.31. The minimum absolute atomic E-state index is 0.988. The van der Waals surface area contributed by atoms with E-state index in [4.69, 9.17) is 0 Å². The number of hydrogen-bond acceptors (Lipinski definition) is 2. The highest BCUT2D eigenvalue weighted by Gasteiger charge is 2.00. The highest BCUT2D eigenvalue weighted by atomic mass is 15.3. The SMILES string of the molecule is [13CH3]N([13CH3])c1ccc([13CH2]c2ccc(N([13CH3])[13CH3])cc2)cc1. The van der Waals surface area contributed by atoms with E-state index in [1.807, 2.05) is 0 Å². The fourth-order valence-corrected chi connectivity index (χ4v) is 2.06. The molecule has 0 saturated heterocycles. The largest absolute Gasteiger partial charge is 0.378 e. The van der Waals surface area contributed by atoms with Gasteiger partial charge in [-0.3, -0.25) is 0 Å². The molecule has 2 aromatic rings. The number of hydrogen-bond donors (Lipinski definition) is 0. The summed E-state index contributed by atoms with van der Waals surface area (Å²) < 4.78 is 0. The van der Waals surface area contributed by atoms with Gasteiger partial charge < -0.3 is 9.80 Å². The maximum absolute atomic E-state index is 2.20. The second-order valence-electron chi connectivity index (χ2n) is 5.30. The average molecular weight is 259 g/mol. The second-order valence-corrected chi connectivity index (χ2v) is 5.30. The van der Waals surface area contributed by atoms with Gasteiger partial charge in [-0.1, -0.05) is 24.3 Å². The van der Waals surface area contributed by atoms with Crippen LogP contribution in [0.15, 0.2) is 48.5 Å². The van der Waals surface area contributed by atoms with Gasteiger partial charge in [-0.15, -0.1) is 0 Å². The molecule has 0 unspecified atom stereocenters. The van der Waals surface area contributed by atoms with E-state index in [1.165, 1.54) is 22.5 Å². The monoisotopic (exact) mass is 259 g/mol. The minimum Gasteiger partial charge on any atom is -0.378 e. The molecule has 100 valence electrons. The lowest BCUT2D eigenvalue weighted by Crippen LogP contribution is -2.08. The van der Waals surface area contributed by atoms with Crippen LogP contribution in [0.2, 0.25) is 0 Å². The Balaban J connectivity index is 2.08. The summed E-state index contributed by atoms with van der Waals surface area (Å²) in [5.74, 6) is 0. The lowest BCUT2D eigenvalue weighted by Gasteiger charge is -2.14. The van der Waals surface area contributed by atoms with Crippen molar-refractivity contribution in [3.8, 4) is 0 Å². The Hall–Kier alpha value is -1.96. The lowest BCUT2D eigenvalue weighted by atomic mass is 10.2. The summed E-state index contributed by atoms with van der Waals surface area (Å²) in [5.41, 5.74) is 5.19. The van der Waals surface area contributed by atoms with Crippen LogP contribution in [0.1, 0.15) is 11.1 Å². The molecular formula is C17H22N2. The second kappa shape index (κ2) is 5.79. The molecule has 0 amide bonds. The van der Waals surface area contributed by atoms with Gasteiger partial charge in [0.1, 0.15) is 0 Å². The molecule has 0 aromatic heterocycles. The van der Waals surface area contributed by atoms with E-state index in [0.717, 1.165) is 6.42 Å². The zero-order valence-corrected chi connectivity index (χ0v) is 12.2. The van der Waals surface area contributed by atoms with Gasteiger partial charge in [0.25, 0.3) is 0 Å². The third-order valence-electron chi connectivity index (χ3n) is 3.31. The standard InChI is InChI=1S/C17H22N2/c1-18(2)16-9-5-14(6-10-16)13-15-7-11-17(12-8-15)19(3)4/h5-12H,13H2,1-4H3/i1+1,2+1,3+1,4+1,13+1. The molecule has 0 fully saturated rings. The van der Waals surface area contributed by atoms with Gasteiger partial charge in [-0.2, -0.15) is 0 Å². The number of anilines is 2. The van der Waals surface area contributed by atoms with Crippen molar-refractivity contribution in [2.45, 2.75) is 6.42 Å². The number of nitrogens with zero attached hydrogens (tertiary/aromatic N) is 2. The summed E-state index contributed by atoms with van der Waals surface area (Å²) in [4.78, 5) is 4.24. The van der Waals surface area contributed by atoms with E-state index in [0.29, 0.717) is 0 Å². The molecule has 0 radical (unpaired) electrons. The molecule has 0 spiro atoms. The summed E-state index contributed by atoms with van der Waals surface area (Å²) >= 11 is 0. The van der Waals surface area contributed by atoms with Gasteiger partial charge in [0.05, 0.1) is 0 Å². The highest BCUT2D eigenvalue weighted by Crippen LogP contribution is 2.17. The quantitative estimate of drug-likeness (QED) is 0.776. The average Bonchev–Trinajstić information content (AvgIpc) is 2.40. The maximum atomic E-state index is 2.20. The Morgan fingerprint density at radius 1 is 0.579 bits per heavy atom. The van der Waals surface area contributed by atoms with Crippen LogP contribution in [0, 0.1) is 0 Å². The Morgan fingerprint density at radius 2 is 0.895 bits per heavy atom. The van der Waals surface area contributed by atoms with Crippen LogP contribution in [0.5, 0.6) is 0 Å². The molecule has 0 atom stereocenters. The molecule has 0 saturated carbocycles. The molecular weight excluding hydrogens is 237 g/mol. The summed E-state index contributed by atoms with van der Waals surface area (Å²) in [7, 11) is 8.26. The molecule has 2 heteroatoms. The number of rotatable bonds is 4. The van der Waals surface area contributed by atoms with E-state index in [-0.39, 0.29) is 0 Å². The first-order valence-electron chi connectivity index (χ1n) is 6.59. The summed E-state index contributed by atoms with van der Waals surface area (Å²) in [5, 5.41) is 0. The molecule has 0 aliphatic rings. The molecule has 0 heterocycles. The topological polar surface area (TPSA) is 6.48 Å². The Bertz CT molecular complexity index is 460. The summed E-state index contributed by atoms with van der Waals surface area (Å²) in [6, 6.07) is 17.5. The van der Waals surface area contributed by atoms with Crippen LogP contribution < -0.4 is 9.80 Å². The molecule has 0 aliphatic carbocycles. The lowest BCUT2D eigenvalue weighted by molar-refractivity contribution is 1.11. The van der Waals surface area contributed by atoms with E-state index in [9.17, 15) is 0 Å². The summed E-state index contributed by atoms with van der Waals surface area (Å²) in [6.45, 7) is 0. The van der Waals surface area contributed by atoms with E-state index >= 15 is 0 Å². The van der Waals surface area contributed by atoms with Crippen LogP contribution in [-0.2, 0) is 6.42 Å². The Labute approximate surface area is 116 Å². The molecule has 19 heavy (non-hydrogen) atoms. The Kier molecular flexibility index (Phi) is 4.10. The van der Waals surface area contributed by atoms with Gasteiger partial charge >= 0.3 is 0 Å². The van der Waals surface area contributed by atoms with Crippen LogP contribution >= 0.6 is 0 Å². The first-order valence-corrected chi connectivity index (χ1v) is 6.59. The highest BCUT2D eigenvalue weighted by molar-refractivity contribution is 5.48. The fraction of sp³-hybridized carbons (Fsp3) is 0.294. The van der Waals surface area contributed by atoms with Crippen molar-refractivity contribution in [1.29, 1.82) is 0 Å². The third kappa shape index (κ3) is 3.50. The van der Waals surface area contributed by atoms with Crippen LogP contribution in [0.25, 0.3) is 0 Å². The fourth-order valence-electron chi connectivity index (χ4n) is 2.06. The molecule has 0 N–H and O–H groups in total. The molecule has 2 rings (SSSR count). The van der Waals surface area contributed by atoms with Gasteiger partial charge in [-0.25, -0.2) is 0 Å². The summed E-state index contributed by atoms with van der Waals surface area (Å²) in [6.07, 6.45) is 0.988. The normalized spacial score (nSPS) is 10.3. The van der Waals surface area contributed by atoms with E-state index in [2.05, 4.69) is 86.5 Å². The first-order chi connectivity index (χ1) is 9.06. The van der Waals surface area contributed by atoms with Crippen LogP contribution in [0.3, 0.4) is 0 Å². The molecule has 0 aliphatic heterocycles. The van der Waals surface area contributed by atoms with E-state index < -0.39 is 0 Å². The van der Waals surface area contributed by atoms with Crippen molar-refractivity contribution in [1.82, 2.24) is 0 Å². The van der Waals surface area contributed by atoms with Gasteiger partial charge in [0.2, 0.25) is 0 Å². The smallest absolute Gasteiger partial charge is 0.0361 e. The zero-order valence-electron chi connectivity index (χ0n) is 12.2. The van der Waals surface area contributed by atoms with Crippen molar-refractivity contribution < 1.29 is 0 Å². The van der Waals surface area contributed by atoms with Gasteiger partial charge in [0.15, 0.2) is 0 Å². The Morgan fingerprint density at radius 3 is 1.16 bits per heavy atom. The molecule has 2 aromatic carbocycles. The first kappa shape index (κ1) is 13.5. The van der Waals surface area contributed by atoms with Crippen molar-refractivity contribution in [2.75, 3.05) is 38.0 Å². The predicted octanol–water partition coefficient (Wildman–Crippen LogP) is 3.41. The van der Waals surface area contributed by atoms with Crippen molar-refractivity contribution in [3.63, 3.8) is 0 Å². The van der Waals surface area contributed by atoms with Crippen LogP contribution in [-0.4, -0.2) is 28.2 Å². The maximum Gasteiger partial charge on any atom is 0.0361 e. The zero-order chi connectivity index (χ0) is 13.8. The van der Waals surface area contributed by atoms with Crippen molar-refractivity contribution in [2.24, 2.45) is 0 Å². The minimum atomic E-state index is 0.988. The van der Waals surface area contributed by atoms with Crippen molar-refractivity contribution in [3.05, 3.63) is 59.7 Å². The predicted molar refractivity (Wildman–Crippen MR) is 84.3 cm³/mol. The van der Waals surface area contributed by atoms with Crippen molar-refractivity contribution >= 4 is 11.4 Å². The number of benzene rings is 2. The van der Waals surface area contributed by atoms with Crippen LogP contribution in [0.4, 0.5) is 11.4 Å². The molecule has 2 nitrogen and oxygen atoms in total. The van der Waals surface area contributed by atoms with E-state index in [1.54, 1.807) is 0 Å².